The van der Waals surface area contributed by atoms with Crippen LogP contribution in [0.2, 0.25) is 0 Å². The van der Waals surface area contributed by atoms with E-state index in [2.05, 4.69) is 0 Å². The standard InChI is InChI=1S/C17H25NO3/c1-16(2,3)21-15(19)18(4)12-17(20)11-7-9-13-8-5-6-10-14(13)17/h5-6,8,10,20H,7,9,11-12H2,1-4H3. The SMILES string of the molecule is CN(CC1(O)CCCc2ccccc21)C(=O)OC(C)(C)C. The highest BCUT2D eigenvalue weighted by atomic mass is 16.6. The first-order valence-corrected chi connectivity index (χ1v) is 7.46. The Morgan fingerprint density at radius 2 is 2.05 bits per heavy atom. The molecule has 0 aromatic heterocycles. The van der Waals surface area contributed by atoms with Crippen molar-refractivity contribution < 1.29 is 14.6 Å². The number of carbonyl (C=O) groups excluding carboxylic acids is 1. The normalized spacial score (nSPS) is 21.6. The zero-order valence-corrected chi connectivity index (χ0v) is 13.3. The summed E-state index contributed by atoms with van der Waals surface area (Å²) >= 11 is 0. The fourth-order valence-corrected chi connectivity index (χ4v) is 2.86. The van der Waals surface area contributed by atoms with Crippen LogP contribution in [0.3, 0.4) is 0 Å². The molecule has 0 saturated heterocycles. The van der Waals surface area contributed by atoms with Gasteiger partial charge in [-0.15, -0.1) is 0 Å². The summed E-state index contributed by atoms with van der Waals surface area (Å²) in [7, 11) is 1.67. The van der Waals surface area contributed by atoms with E-state index in [1.54, 1.807) is 7.05 Å². The number of hydrogen-bond donors (Lipinski definition) is 1. The van der Waals surface area contributed by atoms with Gasteiger partial charge < -0.3 is 14.7 Å². The van der Waals surface area contributed by atoms with E-state index < -0.39 is 17.3 Å². The topological polar surface area (TPSA) is 49.8 Å². The van der Waals surface area contributed by atoms with E-state index in [1.165, 1.54) is 10.5 Å². The highest BCUT2D eigenvalue weighted by Crippen LogP contribution is 2.35. The molecule has 1 N–H and O–H groups in total. The highest BCUT2D eigenvalue weighted by Gasteiger charge is 2.36. The third-order valence-corrected chi connectivity index (χ3v) is 3.76. The molecule has 1 aliphatic carbocycles. The molecule has 1 aliphatic rings. The predicted octanol–water partition coefficient (Wildman–Crippen LogP) is 3.08. The number of nitrogens with zero attached hydrogens (tertiary/aromatic N) is 1. The van der Waals surface area contributed by atoms with Crippen LogP contribution >= 0.6 is 0 Å². The predicted molar refractivity (Wildman–Crippen MR) is 82.1 cm³/mol. The van der Waals surface area contributed by atoms with Gasteiger partial charge in [-0.1, -0.05) is 24.3 Å². The number of aliphatic hydroxyl groups is 1. The number of amides is 1. The van der Waals surface area contributed by atoms with Gasteiger partial charge in [0.2, 0.25) is 0 Å². The molecule has 0 aliphatic heterocycles. The molecule has 2 rings (SSSR count). The molecule has 0 bridgehead atoms. The maximum absolute atomic E-state index is 12.1. The highest BCUT2D eigenvalue weighted by molar-refractivity contribution is 5.68. The fourth-order valence-electron chi connectivity index (χ4n) is 2.86. The molecule has 1 aromatic carbocycles. The lowest BCUT2D eigenvalue weighted by atomic mass is 9.79. The lowest BCUT2D eigenvalue weighted by Gasteiger charge is -2.37. The molecule has 1 atom stereocenters. The zero-order chi connectivity index (χ0) is 15.7. The summed E-state index contributed by atoms with van der Waals surface area (Å²) in [4.78, 5) is 13.5. The number of benzene rings is 1. The van der Waals surface area contributed by atoms with E-state index in [4.69, 9.17) is 4.74 Å². The Balaban J connectivity index is 2.14. The zero-order valence-electron chi connectivity index (χ0n) is 13.3. The van der Waals surface area contributed by atoms with Crippen molar-refractivity contribution in [1.29, 1.82) is 0 Å². The van der Waals surface area contributed by atoms with Gasteiger partial charge in [-0.05, 0) is 51.2 Å². The number of rotatable bonds is 2. The van der Waals surface area contributed by atoms with Crippen LogP contribution in [0.4, 0.5) is 4.79 Å². The first-order valence-electron chi connectivity index (χ1n) is 7.46. The third kappa shape index (κ3) is 3.76. The maximum Gasteiger partial charge on any atom is 0.410 e. The van der Waals surface area contributed by atoms with Crippen molar-refractivity contribution in [3.8, 4) is 0 Å². The van der Waals surface area contributed by atoms with Gasteiger partial charge in [-0.2, -0.15) is 0 Å². The largest absolute Gasteiger partial charge is 0.444 e. The number of carbonyl (C=O) groups is 1. The van der Waals surface area contributed by atoms with Gasteiger partial charge in [-0.25, -0.2) is 4.79 Å². The molecule has 0 heterocycles. The summed E-state index contributed by atoms with van der Waals surface area (Å²) in [5.41, 5.74) is 0.592. The minimum absolute atomic E-state index is 0.249. The molecule has 4 heteroatoms. The molecular weight excluding hydrogens is 266 g/mol. The second-order valence-electron chi connectivity index (χ2n) is 6.88. The van der Waals surface area contributed by atoms with Crippen LogP contribution in [0.25, 0.3) is 0 Å². The minimum atomic E-state index is -0.986. The Morgan fingerprint density at radius 3 is 2.71 bits per heavy atom. The summed E-state index contributed by atoms with van der Waals surface area (Å²) in [5, 5.41) is 11.0. The molecule has 1 aromatic rings. The van der Waals surface area contributed by atoms with E-state index in [0.29, 0.717) is 6.42 Å². The van der Waals surface area contributed by atoms with Gasteiger partial charge >= 0.3 is 6.09 Å². The van der Waals surface area contributed by atoms with Crippen molar-refractivity contribution in [3.63, 3.8) is 0 Å². The van der Waals surface area contributed by atoms with E-state index in [1.807, 2.05) is 45.0 Å². The van der Waals surface area contributed by atoms with Crippen LogP contribution in [0.15, 0.2) is 24.3 Å². The Morgan fingerprint density at radius 1 is 1.38 bits per heavy atom. The summed E-state index contributed by atoms with van der Waals surface area (Å²) in [6.45, 7) is 5.76. The van der Waals surface area contributed by atoms with Crippen LogP contribution in [-0.4, -0.2) is 35.3 Å². The van der Waals surface area contributed by atoms with Crippen LogP contribution < -0.4 is 0 Å². The summed E-state index contributed by atoms with van der Waals surface area (Å²) in [6, 6.07) is 7.93. The molecule has 116 valence electrons. The number of likely N-dealkylation sites (N-methyl/N-ethyl adjacent to an activating group) is 1. The number of ether oxygens (including phenoxy) is 1. The second kappa shape index (κ2) is 5.68. The van der Waals surface area contributed by atoms with Crippen molar-refractivity contribution >= 4 is 6.09 Å². The summed E-state index contributed by atoms with van der Waals surface area (Å²) < 4.78 is 5.35. The second-order valence-corrected chi connectivity index (χ2v) is 6.88. The van der Waals surface area contributed by atoms with Crippen LogP contribution in [0, 0.1) is 0 Å². The molecule has 4 nitrogen and oxygen atoms in total. The Bertz CT molecular complexity index is 521. The van der Waals surface area contributed by atoms with Crippen molar-refractivity contribution in [2.45, 2.75) is 51.2 Å². The van der Waals surface area contributed by atoms with Crippen molar-refractivity contribution in [2.75, 3.05) is 13.6 Å². The number of fused-ring (bicyclic) bond motifs is 1. The molecule has 0 fully saturated rings. The van der Waals surface area contributed by atoms with Crippen molar-refractivity contribution in [1.82, 2.24) is 4.90 Å². The number of hydrogen-bond acceptors (Lipinski definition) is 3. The Labute approximate surface area is 126 Å². The molecule has 0 radical (unpaired) electrons. The van der Waals surface area contributed by atoms with E-state index in [-0.39, 0.29) is 6.54 Å². The van der Waals surface area contributed by atoms with Crippen molar-refractivity contribution in [2.24, 2.45) is 0 Å². The minimum Gasteiger partial charge on any atom is -0.444 e. The average molecular weight is 291 g/mol. The molecule has 0 spiro atoms. The summed E-state index contributed by atoms with van der Waals surface area (Å²) in [5.74, 6) is 0. The van der Waals surface area contributed by atoms with Crippen molar-refractivity contribution in [3.05, 3.63) is 35.4 Å². The molecule has 21 heavy (non-hydrogen) atoms. The molecule has 0 saturated carbocycles. The first-order chi connectivity index (χ1) is 9.71. The van der Waals surface area contributed by atoms with Crippen LogP contribution in [0.5, 0.6) is 0 Å². The van der Waals surface area contributed by atoms with Gasteiger partial charge in [0, 0.05) is 7.05 Å². The molecular formula is C17H25NO3. The number of aryl methyl sites for hydroxylation is 1. The fraction of sp³-hybridized carbons (Fsp3) is 0.588. The maximum atomic E-state index is 12.1. The first kappa shape index (κ1) is 15.8. The lowest BCUT2D eigenvalue weighted by molar-refractivity contribution is -0.0239. The monoisotopic (exact) mass is 291 g/mol. The average Bonchev–Trinajstić information content (AvgIpc) is 2.37. The quantitative estimate of drug-likeness (QED) is 0.911. The van der Waals surface area contributed by atoms with Crippen LogP contribution in [-0.2, 0) is 16.8 Å². The van der Waals surface area contributed by atoms with E-state index in [9.17, 15) is 9.90 Å². The van der Waals surface area contributed by atoms with Gasteiger partial charge in [0.05, 0.1) is 6.54 Å². The smallest absolute Gasteiger partial charge is 0.410 e. The Kier molecular flexibility index (Phi) is 4.28. The van der Waals surface area contributed by atoms with E-state index >= 15 is 0 Å². The lowest BCUT2D eigenvalue weighted by Crippen LogP contribution is -2.45. The molecule has 1 unspecified atom stereocenters. The molecule has 1 amide bonds. The third-order valence-electron chi connectivity index (χ3n) is 3.76. The Hall–Kier alpha value is -1.55. The van der Waals surface area contributed by atoms with Gasteiger partial charge in [0.15, 0.2) is 0 Å². The van der Waals surface area contributed by atoms with E-state index in [0.717, 1.165) is 18.4 Å². The summed E-state index contributed by atoms with van der Waals surface area (Å²) in [6.07, 6.45) is 2.17. The van der Waals surface area contributed by atoms with Gasteiger partial charge in [-0.3, -0.25) is 0 Å². The van der Waals surface area contributed by atoms with Crippen LogP contribution in [0.1, 0.15) is 44.7 Å². The van der Waals surface area contributed by atoms with Gasteiger partial charge in [0.25, 0.3) is 0 Å². The van der Waals surface area contributed by atoms with Gasteiger partial charge in [0.1, 0.15) is 11.2 Å².